The first kappa shape index (κ1) is 16.8. The first-order valence-electron chi connectivity index (χ1n) is 8.94. The summed E-state index contributed by atoms with van der Waals surface area (Å²) in [5.74, 6) is -0.144. The molecule has 8 heteroatoms. The molecule has 3 aliphatic heterocycles. The summed E-state index contributed by atoms with van der Waals surface area (Å²) in [5, 5.41) is 2.86. The van der Waals surface area contributed by atoms with E-state index < -0.39 is 0 Å². The Morgan fingerprint density at radius 1 is 1.19 bits per heavy atom. The standard InChI is InChI=1S/C18H23N5O3/c1-20-10-13-4-2-3-5-14(13)23(18(20)26)12-16(24)22-9-8-21-7-6-19-17(25)15(21)11-22/h2-5,15H,6-12H2,1H3,(H,19,25). The zero-order valence-corrected chi connectivity index (χ0v) is 14.9. The van der Waals surface area contributed by atoms with Crippen LogP contribution in [0.15, 0.2) is 24.3 Å². The molecule has 4 rings (SSSR count). The van der Waals surface area contributed by atoms with E-state index in [1.807, 2.05) is 24.3 Å². The molecule has 0 radical (unpaired) electrons. The van der Waals surface area contributed by atoms with Gasteiger partial charge in [-0.1, -0.05) is 18.2 Å². The Labute approximate surface area is 152 Å². The lowest BCUT2D eigenvalue weighted by Gasteiger charge is -2.43. The van der Waals surface area contributed by atoms with E-state index in [1.54, 1.807) is 16.8 Å². The molecule has 4 amide bonds. The maximum atomic E-state index is 12.9. The van der Waals surface area contributed by atoms with Gasteiger partial charge < -0.3 is 15.1 Å². The van der Waals surface area contributed by atoms with Crippen LogP contribution in [0.4, 0.5) is 10.5 Å². The molecule has 1 unspecified atom stereocenters. The summed E-state index contributed by atoms with van der Waals surface area (Å²) in [6, 6.07) is 7.20. The fourth-order valence-electron chi connectivity index (χ4n) is 3.93. The average Bonchev–Trinajstić information content (AvgIpc) is 2.65. The summed E-state index contributed by atoms with van der Waals surface area (Å²) in [6.07, 6.45) is 0. The Kier molecular flexibility index (Phi) is 4.28. The molecule has 0 bridgehead atoms. The van der Waals surface area contributed by atoms with Gasteiger partial charge in [0.2, 0.25) is 11.8 Å². The summed E-state index contributed by atoms with van der Waals surface area (Å²) < 4.78 is 0. The highest BCUT2D eigenvalue weighted by molar-refractivity contribution is 6.00. The third-order valence-corrected chi connectivity index (χ3v) is 5.39. The molecule has 26 heavy (non-hydrogen) atoms. The van der Waals surface area contributed by atoms with Crippen LogP contribution in [0.2, 0.25) is 0 Å². The highest BCUT2D eigenvalue weighted by atomic mass is 16.2. The van der Waals surface area contributed by atoms with Crippen molar-refractivity contribution in [3.8, 4) is 0 Å². The molecule has 2 saturated heterocycles. The first-order chi connectivity index (χ1) is 12.5. The van der Waals surface area contributed by atoms with Crippen LogP contribution in [0, 0.1) is 0 Å². The van der Waals surface area contributed by atoms with E-state index in [4.69, 9.17) is 0 Å². The molecule has 3 aliphatic rings. The minimum atomic E-state index is -0.284. The van der Waals surface area contributed by atoms with Crippen LogP contribution in [0.1, 0.15) is 5.56 Å². The maximum Gasteiger partial charge on any atom is 0.325 e. The average molecular weight is 357 g/mol. The van der Waals surface area contributed by atoms with Crippen molar-refractivity contribution in [1.29, 1.82) is 0 Å². The summed E-state index contributed by atoms with van der Waals surface area (Å²) in [6.45, 7) is 3.67. The number of carbonyl (C=O) groups is 3. The highest BCUT2D eigenvalue weighted by Crippen LogP contribution is 2.27. The predicted octanol–water partition coefficient (Wildman–Crippen LogP) is -0.299. The minimum absolute atomic E-state index is 0.00543. The number of hydrogen-bond acceptors (Lipinski definition) is 4. The van der Waals surface area contributed by atoms with Gasteiger partial charge in [-0.3, -0.25) is 19.4 Å². The van der Waals surface area contributed by atoms with Gasteiger partial charge in [0.15, 0.2) is 0 Å². The number of para-hydroxylation sites is 1. The van der Waals surface area contributed by atoms with E-state index in [2.05, 4.69) is 10.2 Å². The van der Waals surface area contributed by atoms with E-state index in [9.17, 15) is 14.4 Å². The molecule has 1 aromatic carbocycles. The normalized spacial score (nSPS) is 23.4. The molecular formula is C18H23N5O3. The largest absolute Gasteiger partial charge is 0.353 e. The van der Waals surface area contributed by atoms with Gasteiger partial charge in [0, 0.05) is 46.3 Å². The Hall–Kier alpha value is -2.61. The third kappa shape index (κ3) is 2.90. The smallest absolute Gasteiger partial charge is 0.325 e. The molecule has 3 heterocycles. The molecule has 8 nitrogen and oxygen atoms in total. The SMILES string of the molecule is CN1Cc2ccccc2N(CC(=O)N2CCN3CCNC(=O)C3C2)C1=O. The van der Waals surface area contributed by atoms with Gasteiger partial charge in [-0.15, -0.1) is 0 Å². The second kappa shape index (κ2) is 6.60. The zero-order chi connectivity index (χ0) is 18.3. The number of piperazine rings is 2. The van der Waals surface area contributed by atoms with Crippen molar-refractivity contribution >= 4 is 23.5 Å². The number of amides is 4. The monoisotopic (exact) mass is 357 g/mol. The molecule has 0 spiro atoms. The Morgan fingerprint density at radius 2 is 2.00 bits per heavy atom. The quantitative estimate of drug-likeness (QED) is 0.789. The maximum absolute atomic E-state index is 12.9. The van der Waals surface area contributed by atoms with Crippen molar-refractivity contribution in [2.24, 2.45) is 0 Å². The van der Waals surface area contributed by atoms with Crippen LogP contribution in [-0.2, 0) is 16.1 Å². The molecule has 1 atom stereocenters. The van der Waals surface area contributed by atoms with Crippen molar-refractivity contribution < 1.29 is 14.4 Å². The van der Waals surface area contributed by atoms with Crippen LogP contribution >= 0.6 is 0 Å². The van der Waals surface area contributed by atoms with Crippen LogP contribution in [0.25, 0.3) is 0 Å². The van der Waals surface area contributed by atoms with Gasteiger partial charge in [0.25, 0.3) is 0 Å². The Bertz CT molecular complexity index is 752. The van der Waals surface area contributed by atoms with Crippen LogP contribution in [0.3, 0.4) is 0 Å². The third-order valence-electron chi connectivity index (χ3n) is 5.39. The van der Waals surface area contributed by atoms with Gasteiger partial charge >= 0.3 is 6.03 Å². The predicted molar refractivity (Wildman–Crippen MR) is 95.6 cm³/mol. The van der Waals surface area contributed by atoms with Crippen molar-refractivity contribution in [2.75, 3.05) is 51.2 Å². The lowest BCUT2D eigenvalue weighted by molar-refractivity contribution is -0.139. The number of rotatable bonds is 2. The van der Waals surface area contributed by atoms with Gasteiger partial charge in [-0.05, 0) is 11.6 Å². The Balaban J connectivity index is 1.49. The lowest BCUT2D eigenvalue weighted by Crippen LogP contribution is -2.65. The van der Waals surface area contributed by atoms with E-state index >= 15 is 0 Å². The van der Waals surface area contributed by atoms with Crippen LogP contribution in [0.5, 0.6) is 0 Å². The van der Waals surface area contributed by atoms with Gasteiger partial charge in [0.05, 0.1) is 5.69 Å². The minimum Gasteiger partial charge on any atom is -0.353 e. The molecule has 2 fully saturated rings. The van der Waals surface area contributed by atoms with Crippen LogP contribution < -0.4 is 10.2 Å². The number of hydrogen-bond donors (Lipinski definition) is 1. The van der Waals surface area contributed by atoms with Gasteiger partial charge in [-0.2, -0.15) is 0 Å². The topological polar surface area (TPSA) is 76.2 Å². The summed E-state index contributed by atoms with van der Waals surface area (Å²) in [5.41, 5.74) is 1.82. The van der Waals surface area contributed by atoms with Crippen molar-refractivity contribution in [3.05, 3.63) is 29.8 Å². The van der Waals surface area contributed by atoms with E-state index in [-0.39, 0.29) is 30.4 Å². The second-order valence-corrected chi connectivity index (χ2v) is 7.04. The van der Waals surface area contributed by atoms with Crippen molar-refractivity contribution in [2.45, 2.75) is 12.6 Å². The van der Waals surface area contributed by atoms with Gasteiger partial charge in [0.1, 0.15) is 12.6 Å². The number of nitrogens with zero attached hydrogens (tertiary/aromatic N) is 4. The molecule has 0 aromatic heterocycles. The highest BCUT2D eigenvalue weighted by Gasteiger charge is 2.37. The lowest BCUT2D eigenvalue weighted by atomic mass is 10.1. The molecule has 1 N–H and O–H groups in total. The van der Waals surface area contributed by atoms with Gasteiger partial charge in [-0.25, -0.2) is 4.79 Å². The van der Waals surface area contributed by atoms with E-state index in [0.717, 1.165) is 17.8 Å². The summed E-state index contributed by atoms with van der Waals surface area (Å²) in [4.78, 5) is 44.5. The zero-order valence-electron chi connectivity index (χ0n) is 14.9. The molecule has 0 saturated carbocycles. The number of nitrogens with one attached hydrogen (secondary N) is 1. The number of anilines is 1. The number of benzene rings is 1. The fraction of sp³-hybridized carbons (Fsp3) is 0.500. The van der Waals surface area contributed by atoms with Crippen LogP contribution in [-0.4, -0.2) is 84.9 Å². The van der Waals surface area contributed by atoms with Crippen molar-refractivity contribution in [1.82, 2.24) is 20.0 Å². The summed E-state index contributed by atoms with van der Waals surface area (Å²) in [7, 11) is 1.74. The molecular weight excluding hydrogens is 334 g/mol. The first-order valence-corrected chi connectivity index (χ1v) is 8.94. The van der Waals surface area contributed by atoms with Crippen molar-refractivity contribution in [3.63, 3.8) is 0 Å². The molecule has 0 aliphatic carbocycles. The van der Waals surface area contributed by atoms with E-state index in [1.165, 1.54) is 4.90 Å². The second-order valence-electron chi connectivity index (χ2n) is 7.04. The Morgan fingerprint density at radius 3 is 2.85 bits per heavy atom. The molecule has 138 valence electrons. The molecule has 1 aromatic rings. The fourth-order valence-corrected chi connectivity index (χ4v) is 3.93. The number of fused-ring (bicyclic) bond motifs is 2. The number of urea groups is 1. The summed E-state index contributed by atoms with van der Waals surface area (Å²) >= 11 is 0. The van der Waals surface area contributed by atoms with E-state index in [0.29, 0.717) is 32.7 Å². The number of carbonyl (C=O) groups excluding carboxylic acids is 3.